The number of hydrogen-bond acceptors (Lipinski definition) is 4. The second-order valence-electron chi connectivity index (χ2n) is 6.18. The molecule has 2 amide bonds. The van der Waals surface area contributed by atoms with E-state index >= 15 is 0 Å². The van der Waals surface area contributed by atoms with Gasteiger partial charge in [-0.2, -0.15) is 18.3 Å². The minimum Gasteiger partial charge on any atom is -0.440 e. The summed E-state index contributed by atoms with van der Waals surface area (Å²) in [6.07, 6.45) is -1.75. The molecule has 2 aromatic rings. The maximum Gasteiger partial charge on any atom is 0.422 e. The number of halogens is 3. The third-order valence-electron chi connectivity index (χ3n) is 4.11. The van der Waals surface area contributed by atoms with Crippen molar-refractivity contribution in [2.24, 2.45) is 0 Å². The molecule has 1 unspecified atom stereocenters. The summed E-state index contributed by atoms with van der Waals surface area (Å²) in [6.45, 7) is -1.67. The van der Waals surface area contributed by atoms with Gasteiger partial charge in [-0.3, -0.25) is 15.2 Å². The summed E-state index contributed by atoms with van der Waals surface area (Å²) in [7, 11) is 0. The van der Waals surface area contributed by atoms with Crippen LogP contribution in [0.3, 0.4) is 0 Å². The van der Waals surface area contributed by atoms with Gasteiger partial charge >= 0.3 is 12.3 Å². The summed E-state index contributed by atoms with van der Waals surface area (Å²) in [6, 6.07) is 5.77. The Kier molecular flexibility index (Phi) is 5.33. The average molecular weight is 382 g/mol. The molecule has 27 heavy (non-hydrogen) atoms. The van der Waals surface area contributed by atoms with Gasteiger partial charge in [0.1, 0.15) is 0 Å². The molecule has 0 saturated carbocycles. The van der Waals surface area contributed by atoms with Gasteiger partial charge in [0.2, 0.25) is 0 Å². The zero-order valence-electron chi connectivity index (χ0n) is 14.1. The van der Waals surface area contributed by atoms with E-state index in [1.165, 1.54) is 24.3 Å². The number of H-pyrrole nitrogens is 1. The van der Waals surface area contributed by atoms with Crippen molar-refractivity contribution in [2.45, 2.75) is 31.5 Å². The van der Waals surface area contributed by atoms with Gasteiger partial charge in [-0.15, -0.1) is 0 Å². The fourth-order valence-corrected chi connectivity index (χ4v) is 2.81. The van der Waals surface area contributed by atoms with Crippen LogP contribution in [-0.4, -0.2) is 41.0 Å². The molecule has 1 aromatic carbocycles. The number of aromatic nitrogens is 2. The zero-order valence-corrected chi connectivity index (χ0v) is 14.1. The quantitative estimate of drug-likeness (QED) is 0.758. The first kappa shape index (κ1) is 18.7. The molecule has 0 radical (unpaired) electrons. The maximum absolute atomic E-state index is 12.3. The van der Waals surface area contributed by atoms with E-state index in [1.54, 1.807) is 6.20 Å². The van der Waals surface area contributed by atoms with Gasteiger partial charge < -0.3 is 10.1 Å². The molecule has 0 bridgehead atoms. The summed E-state index contributed by atoms with van der Waals surface area (Å²) in [5, 5.41) is 12.0. The molecule has 1 aliphatic carbocycles. The molecule has 7 nitrogen and oxygen atoms in total. The van der Waals surface area contributed by atoms with Crippen LogP contribution >= 0.6 is 0 Å². The smallest absolute Gasteiger partial charge is 0.422 e. The predicted octanol–water partition coefficient (Wildman–Crippen LogP) is 2.81. The van der Waals surface area contributed by atoms with Crippen LogP contribution in [0, 0.1) is 0 Å². The second kappa shape index (κ2) is 7.68. The molecule has 10 heteroatoms. The number of aryl methyl sites for hydroxylation is 1. The summed E-state index contributed by atoms with van der Waals surface area (Å²) < 4.78 is 40.0. The largest absolute Gasteiger partial charge is 0.440 e. The first-order valence-corrected chi connectivity index (χ1v) is 8.23. The minimum atomic E-state index is -4.59. The summed E-state index contributed by atoms with van der Waals surface area (Å²) in [5.74, 6) is -0.266. The van der Waals surface area contributed by atoms with E-state index < -0.39 is 18.9 Å². The molecule has 3 N–H and O–H groups in total. The monoisotopic (exact) mass is 382 g/mol. The molecule has 0 aliphatic heterocycles. The van der Waals surface area contributed by atoms with Crippen LogP contribution in [0.1, 0.15) is 28.0 Å². The Labute approximate surface area is 152 Å². The van der Waals surface area contributed by atoms with Crippen molar-refractivity contribution in [3.8, 4) is 0 Å². The number of aromatic amines is 1. The molecule has 0 fully saturated rings. The first-order chi connectivity index (χ1) is 12.8. The number of nitrogens with one attached hydrogen (secondary N) is 3. The highest BCUT2D eigenvalue weighted by molar-refractivity contribution is 5.95. The summed E-state index contributed by atoms with van der Waals surface area (Å²) in [5.41, 5.74) is 2.78. The fourth-order valence-electron chi connectivity index (χ4n) is 2.81. The van der Waals surface area contributed by atoms with Gasteiger partial charge in [0.05, 0.1) is 6.20 Å². The predicted molar refractivity (Wildman–Crippen MR) is 89.3 cm³/mol. The molecule has 144 valence electrons. The third kappa shape index (κ3) is 5.22. The van der Waals surface area contributed by atoms with Crippen molar-refractivity contribution in [3.63, 3.8) is 0 Å². The van der Waals surface area contributed by atoms with Gasteiger partial charge in [-0.05, 0) is 49.1 Å². The molecule has 3 rings (SSSR count). The lowest BCUT2D eigenvalue weighted by molar-refractivity contribution is -0.159. The Hall–Kier alpha value is -3.04. The van der Waals surface area contributed by atoms with E-state index in [0.717, 1.165) is 24.1 Å². The van der Waals surface area contributed by atoms with E-state index in [2.05, 4.69) is 25.6 Å². The summed E-state index contributed by atoms with van der Waals surface area (Å²) in [4.78, 5) is 23.6. The lowest BCUT2D eigenvalue weighted by Gasteiger charge is -2.22. The lowest BCUT2D eigenvalue weighted by Crippen LogP contribution is -2.38. The first-order valence-electron chi connectivity index (χ1n) is 8.23. The molecular formula is C17H17F3N4O3. The number of carbonyl (C=O) groups is 2. The number of benzene rings is 1. The van der Waals surface area contributed by atoms with Crippen molar-refractivity contribution in [3.05, 3.63) is 47.3 Å². The Balaban J connectivity index is 1.51. The molecule has 1 aromatic heterocycles. The SMILES string of the molecule is O=C(Nc1ccc(C(=O)NC2CCc3[nH]ncc3C2)cc1)OCC(F)(F)F. The Bertz CT molecular complexity index is 818. The van der Waals surface area contributed by atoms with Crippen LogP contribution in [-0.2, 0) is 17.6 Å². The molecule has 1 aliphatic rings. The van der Waals surface area contributed by atoms with Crippen LogP contribution in [0.25, 0.3) is 0 Å². The number of carbonyl (C=O) groups excluding carboxylic acids is 2. The number of nitrogens with zero attached hydrogens (tertiary/aromatic N) is 1. The van der Waals surface area contributed by atoms with Crippen LogP contribution in [0.5, 0.6) is 0 Å². The van der Waals surface area contributed by atoms with Gasteiger partial charge in [0, 0.05) is 23.0 Å². The van der Waals surface area contributed by atoms with E-state index in [0.29, 0.717) is 12.0 Å². The van der Waals surface area contributed by atoms with Crippen molar-refractivity contribution in [1.29, 1.82) is 0 Å². The zero-order chi connectivity index (χ0) is 19.4. The molecule has 1 heterocycles. The highest BCUT2D eigenvalue weighted by Gasteiger charge is 2.29. The van der Waals surface area contributed by atoms with E-state index in [1.807, 2.05) is 0 Å². The maximum atomic E-state index is 12.3. The molecule has 1 atom stereocenters. The second-order valence-corrected chi connectivity index (χ2v) is 6.18. The lowest BCUT2D eigenvalue weighted by atomic mass is 9.93. The van der Waals surface area contributed by atoms with E-state index in [4.69, 9.17) is 0 Å². The Morgan fingerprint density at radius 1 is 1.26 bits per heavy atom. The number of fused-ring (bicyclic) bond motifs is 1. The minimum absolute atomic E-state index is 0.00209. The number of rotatable bonds is 4. The number of hydrogen-bond donors (Lipinski definition) is 3. The van der Waals surface area contributed by atoms with Gasteiger partial charge in [-0.1, -0.05) is 0 Å². The Morgan fingerprint density at radius 2 is 2.00 bits per heavy atom. The van der Waals surface area contributed by atoms with Gasteiger partial charge in [0.25, 0.3) is 5.91 Å². The fraction of sp³-hybridized carbons (Fsp3) is 0.353. The van der Waals surface area contributed by atoms with E-state index in [9.17, 15) is 22.8 Å². The standard InChI is InChI=1S/C17H17F3N4O3/c18-17(19,20)9-27-16(26)23-12-3-1-10(2-4-12)15(25)22-13-5-6-14-11(7-13)8-21-24-14/h1-4,8,13H,5-7,9H2,(H,21,24)(H,22,25)(H,23,26). The normalized spacial score (nSPS) is 16.3. The molecular weight excluding hydrogens is 365 g/mol. The van der Waals surface area contributed by atoms with E-state index in [-0.39, 0.29) is 17.6 Å². The van der Waals surface area contributed by atoms with Gasteiger partial charge in [-0.25, -0.2) is 4.79 Å². The summed E-state index contributed by atoms with van der Waals surface area (Å²) >= 11 is 0. The number of alkyl halides is 3. The van der Waals surface area contributed by atoms with Crippen molar-refractivity contribution < 1.29 is 27.5 Å². The van der Waals surface area contributed by atoms with Crippen LogP contribution in [0.2, 0.25) is 0 Å². The number of amides is 2. The Morgan fingerprint density at radius 3 is 2.70 bits per heavy atom. The van der Waals surface area contributed by atoms with Crippen molar-refractivity contribution in [1.82, 2.24) is 15.5 Å². The molecule has 0 spiro atoms. The van der Waals surface area contributed by atoms with Crippen LogP contribution in [0.4, 0.5) is 23.7 Å². The molecule has 0 saturated heterocycles. The number of anilines is 1. The highest BCUT2D eigenvalue weighted by atomic mass is 19.4. The van der Waals surface area contributed by atoms with Gasteiger partial charge in [0.15, 0.2) is 6.61 Å². The van der Waals surface area contributed by atoms with Crippen molar-refractivity contribution in [2.75, 3.05) is 11.9 Å². The third-order valence-corrected chi connectivity index (χ3v) is 4.11. The van der Waals surface area contributed by atoms with Crippen LogP contribution < -0.4 is 10.6 Å². The van der Waals surface area contributed by atoms with Crippen LogP contribution in [0.15, 0.2) is 30.5 Å². The topological polar surface area (TPSA) is 96.1 Å². The highest BCUT2D eigenvalue weighted by Crippen LogP contribution is 2.19. The average Bonchev–Trinajstić information content (AvgIpc) is 3.08. The van der Waals surface area contributed by atoms with Crippen molar-refractivity contribution >= 4 is 17.7 Å². The number of ether oxygens (including phenoxy) is 1.